The minimum absolute atomic E-state index is 0.0910. The zero-order valence-electron chi connectivity index (χ0n) is 8.09. The number of para-hydroxylation sites is 1. The van der Waals surface area contributed by atoms with Crippen molar-refractivity contribution in [2.45, 2.75) is 0 Å². The van der Waals surface area contributed by atoms with E-state index >= 15 is 0 Å². The van der Waals surface area contributed by atoms with Crippen LogP contribution in [0.5, 0.6) is 0 Å². The van der Waals surface area contributed by atoms with E-state index < -0.39 is 0 Å². The molecule has 0 unspecified atom stereocenters. The van der Waals surface area contributed by atoms with Gasteiger partial charge in [-0.05, 0) is 22.4 Å². The smallest absolute Gasteiger partial charge is 0.199 e. The first-order valence-electron chi connectivity index (χ1n) is 4.35. The van der Waals surface area contributed by atoms with Crippen LogP contribution in [0.15, 0.2) is 33.9 Å². The van der Waals surface area contributed by atoms with E-state index in [-0.39, 0.29) is 17.3 Å². The number of amidine groups is 1. The molecular formula is C9H8ClN5O. The number of nitrogen functional groups attached to an aromatic ring is 1. The highest BCUT2D eigenvalue weighted by molar-refractivity contribution is 6.33. The van der Waals surface area contributed by atoms with E-state index in [1.54, 1.807) is 24.3 Å². The van der Waals surface area contributed by atoms with Crippen LogP contribution in [-0.4, -0.2) is 16.1 Å². The molecule has 82 valence electrons. The van der Waals surface area contributed by atoms with Crippen LogP contribution in [0.3, 0.4) is 0 Å². The molecule has 6 nitrogen and oxygen atoms in total. The molecule has 2 rings (SSSR count). The van der Waals surface area contributed by atoms with Crippen molar-refractivity contribution in [3.05, 3.63) is 35.0 Å². The van der Waals surface area contributed by atoms with E-state index in [9.17, 15) is 0 Å². The molecule has 16 heavy (non-hydrogen) atoms. The fourth-order valence-electron chi connectivity index (χ4n) is 1.10. The maximum absolute atomic E-state index is 5.92. The van der Waals surface area contributed by atoms with Crippen molar-refractivity contribution < 1.29 is 4.63 Å². The Morgan fingerprint density at radius 2 is 2.06 bits per heavy atom. The van der Waals surface area contributed by atoms with E-state index in [2.05, 4.69) is 19.9 Å². The van der Waals surface area contributed by atoms with Crippen LogP contribution >= 0.6 is 11.6 Å². The van der Waals surface area contributed by atoms with Gasteiger partial charge in [-0.2, -0.15) is 0 Å². The number of benzene rings is 1. The van der Waals surface area contributed by atoms with Crippen LogP contribution < -0.4 is 11.5 Å². The molecule has 0 aliphatic rings. The second kappa shape index (κ2) is 4.19. The van der Waals surface area contributed by atoms with Gasteiger partial charge in [-0.25, -0.2) is 9.62 Å². The number of aromatic nitrogens is 2. The summed E-state index contributed by atoms with van der Waals surface area (Å²) in [4.78, 5) is 4.08. The van der Waals surface area contributed by atoms with Gasteiger partial charge >= 0.3 is 0 Å². The normalized spacial score (nSPS) is 11.7. The highest BCUT2D eigenvalue weighted by atomic mass is 35.5. The largest absolute Gasteiger partial charge is 0.382 e. The summed E-state index contributed by atoms with van der Waals surface area (Å²) in [6, 6.07) is 7.02. The summed E-state index contributed by atoms with van der Waals surface area (Å²) in [5.41, 5.74) is 11.9. The molecule has 0 saturated heterocycles. The van der Waals surface area contributed by atoms with Gasteiger partial charge in [0.1, 0.15) is 0 Å². The molecule has 0 radical (unpaired) electrons. The van der Waals surface area contributed by atoms with Gasteiger partial charge in [-0.3, -0.25) is 0 Å². The average Bonchev–Trinajstić information content (AvgIpc) is 2.68. The van der Waals surface area contributed by atoms with Crippen molar-refractivity contribution >= 4 is 28.9 Å². The van der Waals surface area contributed by atoms with Crippen molar-refractivity contribution in [1.82, 2.24) is 10.3 Å². The molecule has 1 aromatic carbocycles. The Hall–Kier alpha value is -2.08. The van der Waals surface area contributed by atoms with Crippen molar-refractivity contribution in [2.24, 2.45) is 10.7 Å². The standard InChI is InChI=1S/C9H8ClN5O/c10-5-3-1-2-4-6(5)13-8(11)7-9(12)15-16-14-7/h1-4H,(H2,11,13)(H2,12,15). The lowest BCUT2D eigenvalue weighted by Gasteiger charge is -1.98. The lowest BCUT2D eigenvalue weighted by Crippen LogP contribution is -2.15. The van der Waals surface area contributed by atoms with Crippen LogP contribution in [0.1, 0.15) is 5.69 Å². The minimum Gasteiger partial charge on any atom is -0.382 e. The monoisotopic (exact) mass is 237 g/mol. The Kier molecular flexibility index (Phi) is 2.74. The Balaban J connectivity index is 2.39. The zero-order valence-corrected chi connectivity index (χ0v) is 8.85. The van der Waals surface area contributed by atoms with Crippen molar-refractivity contribution in [2.75, 3.05) is 5.73 Å². The van der Waals surface area contributed by atoms with E-state index in [4.69, 9.17) is 23.1 Å². The Morgan fingerprint density at radius 3 is 2.69 bits per heavy atom. The fourth-order valence-corrected chi connectivity index (χ4v) is 1.28. The third-order valence-corrected chi connectivity index (χ3v) is 2.17. The average molecular weight is 238 g/mol. The number of hydrogen-bond acceptors (Lipinski definition) is 5. The van der Waals surface area contributed by atoms with Gasteiger partial charge in [0.05, 0.1) is 10.7 Å². The van der Waals surface area contributed by atoms with E-state index in [0.29, 0.717) is 10.7 Å². The maximum atomic E-state index is 5.92. The highest BCUT2D eigenvalue weighted by Crippen LogP contribution is 2.24. The van der Waals surface area contributed by atoms with Crippen molar-refractivity contribution in [3.63, 3.8) is 0 Å². The number of nitrogens with zero attached hydrogens (tertiary/aromatic N) is 3. The van der Waals surface area contributed by atoms with Crippen molar-refractivity contribution in [1.29, 1.82) is 0 Å². The molecule has 7 heteroatoms. The Labute approximate surface area is 95.9 Å². The summed E-state index contributed by atoms with van der Waals surface area (Å²) < 4.78 is 4.42. The third-order valence-electron chi connectivity index (χ3n) is 1.85. The van der Waals surface area contributed by atoms with Crippen LogP contribution in [-0.2, 0) is 0 Å². The van der Waals surface area contributed by atoms with Gasteiger partial charge in [0.2, 0.25) is 0 Å². The number of nitrogens with two attached hydrogens (primary N) is 2. The SMILES string of the molecule is NC(=Nc1ccccc1Cl)c1nonc1N. The molecule has 1 heterocycles. The summed E-state index contributed by atoms with van der Waals surface area (Å²) in [7, 11) is 0. The molecule has 0 aliphatic heterocycles. The van der Waals surface area contributed by atoms with Gasteiger partial charge in [0, 0.05) is 0 Å². The molecule has 0 aliphatic carbocycles. The third kappa shape index (κ3) is 1.96. The van der Waals surface area contributed by atoms with Gasteiger partial charge in [0.15, 0.2) is 17.3 Å². The van der Waals surface area contributed by atoms with E-state index in [0.717, 1.165) is 0 Å². The minimum atomic E-state index is 0.0910. The quantitative estimate of drug-likeness (QED) is 0.606. The molecule has 0 spiro atoms. The van der Waals surface area contributed by atoms with Crippen molar-refractivity contribution in [3.8, 4) is 0 Å². The first-order valence-corrected chi connectivity index (χ1v) is 4.73. The summed E-state index contributed by atoms with van der Waals surface area (Å²) in [6.45, 7) is 0. The molecule has 4 N–H and O–H groups in total. The van der Waals surface area contributed by atoms with Gasteiger partial charge in [0.25, 0.3) is 0 Å². The summed E-state index contributed by atoms with van der Waals surface area (Å²) in [5.74, 6) is 0.195. The van der Waals surface area contributed by atoms with Crippen LogP contribution in [0.25, 0.3) is 0 Å². The number of aliphatic imine (C=N–C) groups is 1. The van der Waals surface area contributed by atoms with Gasteiger partial charge in [-0.15, -0.1) is 0 Å². The summed E-state index contributed by atoms with van der Waals surface area (Å²) in [5, 5.41) is 7.42. The summed E-state index contributed by atoms with van der Waals surface area (Å²) in [6.07, 6.45) is 0. The predicted octanol–water partition coefficient (Wildman–Crippen LogP) is 1.34. The Morgan fingerprint density at radius 1 is 1.31 bits per heavy atom. The van der Waals surface area contributed by atoms with Gasteiger partial charge in [-0.1, -0.05) is 23.7 Å². The van der Waals surface area contributed by atoms with E-state index in [1.165, 1.54) is 0 Å². The lowest BCUT2D eigenvalue weighted by atomic mass is 10.3. The lowest BCUT2D eigenvalue weighted by molar-refractivity contribution is 0.308. The van der Waals surface area contributed by atoms with Gasteiger partial charge < -0.3 is 11.5 Å². The van der Waals surface area contributed by atoms with Crippen LogP contribution in [0.4, 0.5) is 11.5 Å². The molecule has 1 aromatic heterocycles. The Bertz CT molecular complexity index is 536. The second-order valence-electron chi connectivity index (χ2n) is 2.95. The fraction of sp³-hybridized carbons (Fsp3) is 0. The molecule has 0 bridgehead atoms. The molecule has 0 amide bonds. The predicted molar refractivity (Wildman–Crippen MR) is 60.5 cm³/mol. The zero-order chi connectivity index (χ0) is 11.5. The van der Waals surface area contributed by atoms with Crippen LogP contribution in [0.2, 0.25) is 5.02 Å². The topological polar surface area (TPSA) is 103 Å². The van der Waals surface area contributed by atoms with E-state index in [1.807, 2.05) is 0 Å². The first-order chi connectivity index (χ1) is 7.68. The first kappa shape index (κ1) is 10.4. The number of anilines is 1. The molecule has 0 atom stereocenters. The number of rotatable bonds is 2. The molecule has 0 saturated carbocycles. The molecule has 2 aromatic rings. The van der Waals surface area contributed by atoms with Crippen LogP contribution in [0, 0.1) is 0 Å². The molecule has 0 fully saturated rings. The maximum Gasteiger partial charge on any atom is 0.199 e. The second-order valence-corrected chi connectivity index (χ2v) is 3.35. The highest BCUT2D eigenvalue weighted by Gasteiger charge is 2.10. The number of halogens is 1. The number of hydrogen-bond donors (Lipinski definition) is 2. The molecular weight excluding hydrogens is 230 g/mol. The summed E-state index contributed by atoms with van der Waals surface area (Å²) >= 11 is 5.92.